The van der Waals surface area contributed by atoms with Gasteiger partial charge in [0, 0.05) is 56.3 Å². The summed E-state index contributed by atoms with van der Waals surface area (Å²) in [7, 11) is 1.45. The molecule has 1 aliphatic rings. The summed E-state index contributed by atoms with van der Waals surface area (Å²) in [6, 6.07) is 9.35. The maximum atomic E-state index is 13.8. The van der Waals surface area contributed by atoms with Gasteiger partial charge in [0.25, 0.3) is 11.8 Å². The van der Waals surface area contributed by atoms with Gasteiger partial charge in [0.1, 0.15) is 40.5 Å². The molecule has 346 valence electrons. The number of aryl methyl sites for hydroxylation is 4. The van der Waals surface area contributed by atoms with Gasteiger partial charge in [0.05, 0.1) is 29.5 Å². The lowest BCUT2D eigenvalue weighted by atomic mass is 9.98. The maximum Gasteiger partial charge on any atom is 0.407 e. The Labute approximate surface area is 384 Å². The van der Waals surface area contributed by atoms with Crippen LogP contribution in [-0.2, 0) is 26.2 Å². The minimum absolute atomic E-state index is 0. The molecule has 1 saturated heterocycles. The first-order chi connectivity index (χ1) is 31.2. The molecule has 7 rings (SSSR count). The van der Waals surface area contributed by atoms with Gasteiger partial charge in [0.2, 0.25) is 23.7 Å². The van der Waals surface area contributed by atoms with Gasteiger partial charge in [-0.15, -0.1) is 12.4 Å². The summed E-state index contributed by atoms with van der Waals surface area (Å²) in [5, 5.41) is 23.9. The molecule has 0 saturated carbocycles. The standard InChI is InChI=1S/C44H49N13O8.ClH/c1-6-56-32(19-25(3)51-56)40(60)49-42-47-30-21-28(38(45)58)23-34(64-5)36(30)54(42)14-8-9-15-55-37-31(48-43(55)50-41(61)33-20-26(4)52-57(33)7-2)22-29(39(46)59)24-35(37)65-18-10-11-27-12-16-53(17-13-27)44(62)63;/h8-9,19-24,27H,6-7,12-18H2,1-5H3,(H2,45,58)(H2,46,59)(H,62,63)(H,47,49,60)(H,48,50,61);1H. The number of nitrogens with one attached hydrogen (secondary N) is 2. The van der Waals surface area contributed by atoms with Crippen LogP contribution in [0.25, 0.3) is 22.1 Å². The number of methoxy groups -OCH3 is 1. The Morgan fingerprint density at radius 1 is 0.773 bits per heavy atom. The fourth-order valence-electron chi connectivity index (χ4n) is 7.70. The first-order valence-corrected chi connectivity index (χ1v) is 20.9. The van der Waals surface area contributed by atoms with Crippen LogP contribution in [-0.4, -0.2) is 105 Å². The Kier molecular flexibility index (Phi) is 14.7. The van der Waals surface area contributed by atoms with E-state index in [-0.39, 0.29) is 66.8 Å². The highest BCUT2D eigenvalue weighted by Gasteiger charge is 2.24. The van der Waals surface area contributed by atoms with Gasteiger partial charge in [-0.25, -0.2) is 14.8 Å². The highest BCUT2D eigenvalue weighted by molar-refractivity contribution is 6.05. The van der Waals surface area contributed by atoms with E-state index in [2.05, 4.69) is 37.7 Å². The number of fused-ring (bicyclic) bond motifs is 2. The first kappa shape index (κ1) is 47.6. The number of hydrogen-bond donors (Lipinski definition) is 5. The SMILES string of the molecule is CCn1nc(C)cc1C(=O)Nc1nc2cc(C(N)=O)cc(OC)c2n1CC=CCn1c(NC(=O)c2cc(C)nn2CC)nc2cc(C(N)=O)cc(OCC#CC3CCN(C(=O)O)CC3)c21.Cl. The number of rotatable bonds is 15. The van der Waals surface area contributed by atoms with Crippen LogP contribution in [0.5, 0.6) is 11.5 Å². The minimum Gasteiger partial charge on any atom is -0.494 e. The van der Waals surface area contributed by atoms with E-state index in [0.29, 0.717) is 89.6 Å². The fourth-order valence-corrected chi connectivity index (χ4v) is 7.70. The molecule has 2 aromatic carbocycles. The van der Waals surface area contributed by atoms with Crippen molar-refractivity contribution in [3.63, 3.8) is 0 Å². The maximum absolute atomic E-state index is 13.8. The predicted octanol–water partition coefficient (Wildman–Crippen LogP) is 4.60. The zero-order valence-corrected chi connectivity index (χ0v) is 37.8. The smallest absolute Gasteiger partial charge is 0.407 e. The van der Waals surface area contributed by atoms with Crippen molar-refractivity contribution in [2.75, 3.05) is 37.4 Å². The van der Waals surface area contributed by atoms with Crippen LogP contribution in [0, 0.1) is 31.6 Å². The third-order valence-corrected chi connectivity index (χ3v) is 10.8. The van der Waals surface area contributed by atoms with E-state index >= 15 is 0 Å². The number of aromatic nitrogens is 8. The van der Waals surface area contributed by atoms with E-state index in [1.165, 1.54) is 36.3 Å². The molecular formula is C44H50ClN13O8. The Morgan fingerprint density at radius 2 is 1.24 bits per heavy atom. The van der Waals surface area contributed by atoms with Crippen LogP contribution < -0.4 is 31.6 Å². The van der Waals surface area contributed by atoms with E-state index in [9.17, 15) is 29.1 Å². The normalized spacial score (nSPS) is 12.8. The molecule has 0 aliphatic carbocycles. The highest BCUT2D eigenvalue weighted by atomic mass is 35.5. The highest BCUT2D eigenvalue weighted by Crippen LogP contribution is 2.33. The molecule has 0 bridgehead atoms. The number of allylic oxidation sites excluding steroid dienone is 2. The molecule has 1 aliphatic heterocycles. The number of nitrogens with zero attached hydrogens (tertiary/aromatic N) is 9. The molecule has 6 aromatic rings. The second-order valence-corrected chi connectivity index (χ2v) is 15.2. The quantitative estimate of drug-likeness (QED) is 0.0699. The van der Waals surface area contributed by atoms with E-state index in [1.54, 1.807) is 44.5 Å². The number of nitrogens with two attached hydrogens (primary N) is 2. The van der Waals surface area contributed by atoms with Crippen molar-refractivity contribution in [3.8, 4) is 23.3 Å². The van der Waals surface area contributed by atoms with Gasteiger partial charge < -0.3 is 40.1 Å². The number of likely N-dealkylation sites (tertiary alicyclic amines) is 1. The molecule has 22 heteroatoms. The Bertz CT molecular complexity index is 2940. The molecule has 1 fully saturated rings. The zero-order valence-electron chi connectivity index (χ0n) is 37.0. The molecular weight excluding hydrogens is 874 g/mol. The van der Waals surface area contributed by atoms with Crippen molar-refractivity contribution >= 4 is 76.1 Å². The van der Waals surface area contributed by atoms with Gasteiger partial charge in [-0.3, -0.25) is 39.2 Å². The molecule has 7 N–H and O–H groups in total. The molecule has 0 atom stereocenters. The molecule has 4 aromatic heterocycles. The molecule has 5 amide bonds. The summed E-state index contributed by atoms with van der Waals surface area (Å²) in [5.41, 5.74) is 15.2. The first-order valence-electron chi connectivity index (χ1n) is 20.9. The lowest BCUT2D eigenvalue weighted by Crippen LogP contribution is -2.37. The number of halogens is 1. The number of benzene rings is 2. The van der Waals surface area contributed by atoms with Gasteiger partial charge in [-0.2, -0.15) is 10.2 Å². The van der Waals surface area contributed by atoms with Crippen molar-refractivity contribution in [3.05, 3.63) is 82.5 Å². The average Bonchev–Trinajstić information content (AvgIpc) is 4.05. The predicted molar refractivity (Wildman–Crippen MR) is 246 cm³/mol. The molecule has 21 nitrogen and oxygen atoms in total. The van der Waals surface area contributed by atoms with E-state index < -0.39 is 29.7 Å². The average molecular weight is 924 g/mol. The third-order valence-electron chi connectivity index (χ3n) is 10.8. The number of imidazole rings is 2. The molecule has 0 spiro atoms. The van der Waals surface area contributed by atoms with Crippen molar-refractivity contribution < 1.29 is 38.6 Å². The number of piperidine rings is 1. The Hall–Kier alpha value is -7.86. The van der Waals surface area contributed by atoms with Crippen LogP contribution in [0.2, 0.25) is 0 Å². The number of hydrogen-bond acceptors (Lipinski definition) is 11. The summed E-state index contributed by atoms with van der Waals surface area (Å²) in [6.07, 6.45) is 3.84. The monoisotopic (exact) mass is 923 g/mol. The lowest BCUT2D eigenvalue weighted by Gasteiger charge is -2.27. The molecule has 0 unspecified atom stereocenters. The summed E-state index contributed by atoms with van der Waals surface area (Å²) in [5.74, 6) is 4.66. The van der Waals surface area contributed by atoms with Crippen LogP contribution in [0.15, 0.2) is 48.6 Å². The Morgan fingerprint density at radius 3 is 1.68 bits per heavy atom. The molecule has 66 heavy (non-hydrogen) atoms. The van der Waals surface area contributed by atoms with Crippen molar-refractivity contribution in [2.24, 2.45) is 17.4 Å². The van der Waals surface area contributed by atoms with Crippen molar-refractivity contribution in [2.45, 2.75) is 66.7 Å². The Balaban J connectivity index is 0.00000720. The van der Waals surface area contributed by atoms with Crippen LogP contribution >= 0.6 is 12.4 Å². The largest absolute Gasteiger partial charge is 0.494 e. The lowest BCUT2D eigenvalue weighted by molar-refractivity contribution is 0.0991. The van der Waals surface area contributed by atoms with E-state index in [4.69, 9.17) is 25.9 Å². The number of primary amides is 2. The number of ether oxygens (including phenoxy) is 2. The number of anilines is 2. The second kappa shape index (κ2) is 20.3. The summed E-state index contributed by atoms with van der Waals surface area (Å²) in [6.45, 7) is 9.15. The topological polar surface area (TPSA) is 275 Å². The van der Waals surface area contributed by atoms with Gasteiger partial charge >= 0.3 is 6.09 Å². The van der Waals surface area contributed by atoms with Crippen LogP contribution in [0.4, 0.5) is 16.7 Å². The summed E-state index contributed by atoms with van der Waals surface area (Å²) >= 11 is 0. The number of carbonyl (C=O) groups excluding carboxylic acids is 4. The number of carboxylic acid groups (broad SMARTS) is 1. The van der Waals surface area contributed by atoms with Crippen LogP contribution in [0.3, 0.4) is 0 Å². The summed E-state index contributed by atoms with van der Waals surface area (Å²) in [4.78, 5) is 74.5. The number of carbonyl (C=O) groups is 5. The zero-order chi connectivity index (χ0) is 46.5. The van der Waals surface area contributed by atoms with Crippen molar-refractivity contribution in [1.29, 1.82) is 0 Å². The third kappa shape index (κ3) is 10.1. The van der Waals surface area contributed by atoms with Gasteiger partial charge in [-0.1, -0.05) is 24.0 Å². The van der Waals surface area contributed by atoms with E-state index in [0.717, 1.165) is 0 Å². The van der Waals surface area contributed by atoms with Crippen LogP contribution in [0.1, 0.15) is 79.8 Å². The van der Waals surface area contributed by atoms with Crippen molar-refractivity contribution in [1.82, 2.24) is 43.6 Å². The minimum atomic E-state index is -0.956. The van der Waals surface area contributed by atoms with Gasteiger partial charge in [-0.05, 0) is 76.9 Å². The molecule has 5 heterocycles. The second-order valence-electron chi connectivity index (χ2n) is 15.2. The number of amides is 5. The molecule has 0 radical (unpaired) electrons. The summed E-state index contributed by atoms with van der Waals surface area (Å²) < 4.78 is 18.5. The van der Waals surface area contributed by atoms with Gasteiger partial charge in [0.15, 0.2) is 0 Å². The fraction of sp³-hybridized carbons (Fsp3) is 0.341. The van der Waals surface area contributed by atoms with E-state index in [1.807, 2.05) is 26.0 Å².